The molecule has 1 heteroatoms. The molecule has 0 radical (unpaired) electrons. The first-order valence-electron chi connectivity index (χ1n) is 6.98. The van der Waals surface area contributed by atoms with Gasteiger partial charge < -0.3 is 0 Å². The van der Waals surface area contributed by atoms with Gasteiger partial charge in [0.2, 0.25) is 5.52 Å². The average Bonchev–Trinajstić information content (AvgIpc) is 2.51. The number of aromatic nitrogens is 1. The molecule has 0 spiro atoms. The molecule has 0 fully saturated rings. The lowest BCUT2D eigenvalue weighted by Crippen LogP contribution is -2.20. The van der Waals surface area contributed by atoms with Crippen LogP contribution in [-0.2, 0) is 0 Å². The van der Waals surface area contributed by atoms with E-state index in [0.717, 1.165) is 0 Å². The van der Waals surface area contributed by atoms with Crippen LogP contribution in [0.4, 0.5) is 0 Å². The monoisotopic (exact) mass is 258 g/mol. The quantitative estimate of drug-likeness (QED) is 0.251. The average molecular weight is 258 g/mol. The Morgan fingerprint density at radius 1 is 0.650 bits per heavy atom. The highest BCUT2D eigenvalue weighted by Gasteiger charge is 2.14. The minimum atomic E-state index is 1.27. The van der Waals surface area contributed by atoms with E-state index in [9.17, 15) is 0 Å². The van der Waals surface area contributed by atoms with E-state index in [1.54, 1.807) is 0 Å². The second-order valence-electron chi connectivity index (χ2n) is 5.39. The fraction of sp³-hybridized carbons (Fsp3) is 0.105. The van der Waals surface area contributed by atoms with Crippen molar-refractivity contribution in [3.63, 3.8) is 0 Å². The van der Waals surface area contributed by atoms with Crippen molar-refractivity contribution in [1.82, 2.24) is 0 Å². The molecular weight excluding hydrogens is 242 g/mol. The predicted octanol–water partition coefficient (Wildman–Crippen LogP) is 4.35. The SMILES string of the molecule is Cc1c2ccccc2c(C)c2c1cc[n+]1ccccc21. The standard InChI is InChI=1S/C19H16N/c1-13-15-7-3-4-8-16(15)14(2)19-17(13)10-12-20-11-6-5-9-18(19)20/h3-12H,1-2H3/q+1. The number of pyridine rings is 2. The summed E-state index contributed by atoms with van der Waals surface area (Å²) in [6.07, 6.45) is 4.26. The van der Waals surface area contributed by atoms with E-state index in [0.29, 0.717) is 0 Å². The third-order valence-electron chi connectivity index (χ3n) is 4.33. The van der Waals surface area contributed by atoms with Gasteiger partial charge in [0, 0.05) is 18.2 Å². The summed E-state index contributed by atoms with van der Waals surface area (Å²) in [5.41, 5.74) is 4.01. The molecule has 2 aromatic heterocycles. The Kier molecular flexibility index (Phi) is 2.31. The van der Waals surface area contributed by atoms with Gasteiger partial charge in [-0.25, -0.2) is 0 Å². The number of benzene rings is 2. The third-order valence-corrected chi connectivity index (χ3v) is 4.33. The summed E-state index contributed by atoms with van der Waals surface area (Å²) in [5, 5.41) is 5.43. The first kappa shape index (κ1) is 11.4. The summed E-state index contributed by atoms with van der Waals surface area (Å²) in [6, 6.07) is 17.3. The minimum Gasteiger partial charge on any atom is -0.167 e. The molecule has 0 unspecified atom stereocenters. The summed E-state index contributed by atoms with van der Waals surface area (Å²) in [7, 11) is 0. The van der Waals surface area contributed by atoms with Crippen LogP contribution in [-0.4, -0.2) is 0 Å². The van der Waals surface area contributed by atoms with E-state index in [1.165, 1.54) is 38.2 Å². The van der Waals surface area contributed by atoms with Crippen molar-refractivity contribution >= 4 is 27.1 Å². The molecule has 0 aliphatic rings. The zero-order chi connectivity index (χ0) is 13.7. The zero-order valence-corrected chi connectivity index (χ0v) is 11.7. The second-order valence-corrected chi connectivity index (χ2v) is 5.39. The van der Waals surface area contributed by atoms with Crippen LogP contribution in [0.25, 0.3) is 27.1 Å². The number of aryl methyl sites for hydroxylation is 2. The van der Waals surface area contributed by atoms with Crippen LogP contribution >= 0.6 is 0 Å². The van der Waals surface area contributed by atoms with E-state index >= 15 is 0 Å². The number of hydrogen-bond donors (Lipinski definition) is 0. The number of fused-ring (bicyclic) bond motifs is 4. The van der Waals surface area contributed by atoms with Gasteiger partial charge >= 0.3 is 0 Å². The lowest BCUT2D eigenvalue weighted by atomic mass is 9.93. The van der Waals surface area contributed by atoms with E-state index in [2.05, 4.69) is 79.2 Å². The van der Waals surface area contributed by atoms with Crippen molar-refractivity contribution < 1.29 is 4.40 Å². The topological polar surface area (TPSA) is 4.10 Å². The molecule has 0 aliphatic heterocycles. The van der Waals surface area contributed by atoms with Gasteiger partial charge in [-0.05, 0) is 47.2 Å². The smallest absolute Gasteiger partial charge is 0.167 e. The van der Waals surface area contributed by atoms with Gasteiger partial charge in [-0.1, -0.05) is 24.3 Å². The lowest BCUT2D eigenvalue weighted by Gasteiger charge is -2.11. The van der Waals surface area contributed by atoms with Gasteiger partial charge in [0.25, 0.3) is 0 Å². The molecule has 1 nitrogen and oxygen atoms in total. The fourth-order valence-electron chi connectivity index (χ4n) is 3.30. The van der Waals surface area contributed by atoms with Crippen molar-refractivity contribution in [2.45, 2.75) is 13.8 Å². The van der Waals surface area contributed by atoms with Crippen molar-refractivity contribution in [3.8, 4) is 0 Å². The Labute approximate surface area is 118 Å². The Hall–Kier alpha value is -2.41. The van der Waals surface area contributed by atoms with Crippen LogP contribution < -0.4 is 4.40 Å². The van der Waals surface area contributed by atoms with Gasteiger partial charge in [-0.2, -0.15) is 4.40 Å². The van der Waals surface area contributed by atoms with Gasteiger partial charge in [-0.3, -0.25) is 0 Å². The third kappa shape index (κ3) is 1.41. The zero-order valence-electron chi connectivity index (χ0n) is 11.7. The first-order valence-corrected chi connectivity index (χ1v) is 6.98. The molecule has 0 saturated carbocycles. The number of rotatable bonds is 0. The van der Waals surface area contributed by atoms with E-state index in [-0.39, 0.29) is 0 Å². The largest absolute Gasteiger partial charge is 0.218 e. The van der Waals surface area contributed by atoms with Crippen LogP contribution in [0.15, 0.2) is 60.9 Å². The minimum absolute atomic E-state index is 1.27. The summed E-state index contributed by atoms with van der Waals surface area (Å²) in [4.78, 5) is 0. The second kappa shape index (κ2) is 4.04. The fourth-order valence-corrected chi connectivity index (χ4v) is 3.30. The summed E-state index contributed by atoms with van der Waals surface area (Å²) in [6.45, 7) is 4.46. The highest BCUT2D eigenvalue weighted by atomic mass is 14.8. The Bertz CT molecular complexity index is 967. The first-order chi connectivity index (χ1) is 9.77. The van der Waals surface area contributed by atoms with Gasteiger partial charge in [0.05, 0.1) is 5.39 Å². The summed E-state index contributed by atoms with van der Waals surface area (Å²) >= 11 is 0. The van der Waals surface area contributed by atoms with Crippen LogP contribution in [0.1, 0.15) is 11.1 Å². The van der Waals surface area contributed by atoms with E-state index < -0.39 is 0 Å². The van der Waals surface area contributed by atoms with Crippen molar-refractivity contribution in [3.05, 3.63) is 72.1 Å². The molecule has 0 saturated heterocycles. The Morgan fingerprint density at radius 2 is 1.35 bits per heavy atom. The number of hydrogen-bond acceptors (Lipinski definition) is 0. The van der Waals surface area contributed by atoms with Crippen LogP contribution in [0.2, 0.25) is 0 Å². The molecule has 96 valence electrons. The molecule has 2 heterocycles. The van der Waals surface area contributed by atoms with Crippen molar-refractivity contribution in [2.75, 3.05) is 0 Å². The normalized spacial score (nSPS) is 11.5. The molecule has 0 amide bonds. The summed E-state index contributed by atoms with van der Waals surface area (Å²) < 4.78 is 2.20. The molecule has 20 heavy (non-hydrogen) atoms. The Balaban J connectivity index is 2.38. The molecule has 4 aromatic rings. The Morgan fingerprint density at radius 3 is 2.15 bits per heavy atom. The van der Waals surface area contributed by atoms with Crippen LogP contribution in [0, 0.1) is 13.8 Å². The van der Waals surface area contributed by atoms with E-state index in [1.807, 2.05) is 0 Å². The lowest BCUT2D eigenvalue weighted by molar-refractivity contribution is -0.510. The molecule has 0 bridgehead atoms. The molecular formula is C19H16N+. The summed E-state index contributed by atoms with van der Waals surface area (Å²) in [5.74, 6) is 0. The van der Waals surface area contributed by atoms with Crippen LogP contribution in [0.3, 0.4) is 0 Å². The maximum atomic E-state index is 2.23. The maximum absolute atomic E-state index is 2.23. The molecule has 4 rings (SSSR count). The highest BCUT2D eigenvalue weighted by molar-refractivity contribution is 6.09. The van der Waals surface area contributed by atoms with Crippen molar-refractivity contribution in [2.24, 2.45) is 0 Å². The van der Waals surface area contributed by atoms with Gasteiger partial charge in [0.1, 0.15) is 0 Å². The highest BCUT2D eigenvalue weighted by Crippen LogP contribution is 2.32. The predicted molar refractivity (Wildman–Crippen MR) is 84.1 cm³/mol. The van der Waals surface area contributed by atoms with Gasteiger partial charge in [-0.15, -0.1) is 0 Å². The van der Waals surface area contributed by atoms with E-state index in [4.69, 9.17) is 0 Å². The van der Waals surface area contributed by atoms with Gasteiger partial charge in [0.15, 0.2) is 12.4 Å². The number of nitrogens with zero attached hydrogens (tertiary/aromatic N) is 1. The molecule has 0 aliphatic carbocycles. The van der Waals surface area contributed by atoms with Crippen molar-refractivity contribution in [1.29, 1.82) is 0 Å². The molecule has 2 aromatic carbocycles. The van der Waals surface area contributed by atoms with Crippen LogP contribution in [0.5, 0.6) is 0 Å². The maximum Gasteiger partial charge on any atom is 0.218 e. The molecule has 0 atom stereocenters. The molecule has 0 N–H and O–H groups in total.